The second-order valence-corrected chi connectivity index (χ2v) is 15.4. The molecule has 0 saturated carbocycles. The fraction of sp³-hybridized carbons (Fsp3) is 0.571. The van der Waals surface area contributed by atoms with Crippen LogP contribution in [0.25, 0.3) is 0 Å². The average molecular weight is 967 g/mol. The third-order valence-corrected chi connectivity index (χ3v) is 11.0. The molecule has 0 aromatic heterocycles. The van der Waals surface area contributed by atoms with E-state index < -0.39 is 119 Å². The van der Waals surface area contributed by atoms with Crippen LogP contribution in [-0.4, -0.2) is 31.4 Å². The molecule has 1 unspecified atom stereocenters. The number of nitrogens with zero attached hydrogens (tertiary/aromatic N) is 1. The van der Waals surface area contributed by atoms with E-state index in [1.807, 2.05) is 6.92 Å². The van der Waals surface area contributed by atoms with E-state index in [4.69, 9.17) is 14.0 Å². The number of quaternary nitrogens is 1. The summed E-state index contributed by atoms with van der Waals surface area (Å²) in [6, 6.07) is -3.04. The van der Waals surface area contributed by atoms with Crippen LogP contribution in [0.4, 0.5) is 79.0 Å². The van der Waals surface area contributed by atoms with Crippen LogP contribution in [-0.2, 0) is 37.1 Å². The van der Waals surface area contributed by atoms with E-state index in [0.717, 1.165) is 38.5 Å². The summed E-state index contributed by atoms with van der Waals surface area (Å²) < 4.78 is 271. The monoisotopic (exact) mass is 966 g/mol. The molecule has 65 heavy (non-hydrogen) atoms. The van der Waals surface area contributed by atoms with Gasteiger partial charge in [0.2, 0.25) is 0 Å². The third-order valence-electron chi connectivity index (χ3n) is 11.0. The highest BCUT2D eigenvalue weighted by Gasteiger charge is 2.48. The van der Waals surface area contributed by atoms with Crippen molar-refractivity contribution in [1.82, 2.24) is 0 Å². The maximum absolute atomic E-state index is 15.2. The van der Waals surface area contributed by atoms with Crippen molar-refractivity contribution < 1.29 is 97.5 Å². The topological polar surface area (TPSA) is 27.7 Å². The first-order valence-electron chi connectivity index (χ1n) is 20.6. The summed E-state index contributed by atoms with van der Waals surface area (Å²) in [4.78, 5) is 0. The lowest BCUT2D eigenvalue weighted by Crippen LogP contribution is -2.51. The van der Waals surface area contributed by atoms with E-state index >= 15 is 13.2 Å². The van der Waals surface area contributed by atoms with Crippen LogP contribution in [0.15, 0.2) is 48.5 Å². The van der Waals surface area contributed by atoms with Crippen LogP contribution < -0.4 is 14.0 Å². The van der Waals surface area contributed by atoms with E-state index in [0.29, 0.717) is 12.8 Å². The molecule has 0 aliphatic rings. The molecule has 0 spiro atoms. The first kappa shape index (κ1) is 55.2. The van der Waals surface area contributed by atoms with Gasteiger partial charge in [-0.3, -0.25) is 0 Å². The van der Waals surface area contributed by atoms with Crippen molar-refractivity contribution in [3.63, 3.8) is 0 Å². The van der Waals surface area contributed by atoms with E-state index in [2.05, 4.69) is 0 Å². The van der Waals surface area contributed by atoms with Crippen LogP contribution in [0, 0.1) is 0 Å². The summed E-state index contributed by atoms with van der Waals surface area (Å²) in [5.41, 5.74) is -13.4. The largest absolute Gasteiger partial charge is 0.864 e. The lowest BCUT2D eigenvalue weighted by Gasteiger charge is -2.44. The van der Waals surface area contributed by atoms with Gasteiger partial charge in [-0.2, -0.15) is 79.0 Å². The number of halogens is 18. The summed E-state index contributed by atoms with van der Waals surface area (Å²) in [7, 11) is -3.27. The van der Waals surface area contributed by atoms with Crippen LogP contribution in [0.1, 0.15) is 137 Å². The molecule has 0 amide bonds. The number of benzene rings is 3. The molecule has 0 heterocycles. The van der Waals surface area contributed by atoms with Gasteiger partial charge in [0.15, 0.2) is 0 Å². The smallest absolute Gasteiger partial charge is 0.490 e. The summed E-state index contributed by atoms with van der Waals surface area (Å²) in [6.45, 7) is 6.86. The predicted octanol–water partition coefficient (Wildman–Crippen LogP) is 16.2. The molecule has 4 nitrogen and oxygen atoms in total. The van der Waals surface area contributed by atoms with Gasteiger partial charge in [-0.25, -0.2) is 0 Å². The van der Waals surface area contributed by atoms with Crippen molar-refractivity contribution >= 4 is 7.32 Å². The molecular formula is C42H47BF18NO3+. The molecule has 3 aromatic carbocycles. The van der Waals surface area contributed by atoms with Gasteiger partial charge in [0.25, 0.3) is 0 Å². The van der Waals surface area contributed by atoms with Gasteiger partial charge in [0, 0.05) is 6.42 Å². The Morgan fingerprint density at radius 1 is 0.415 bits per heavy atom. The highest BCUT2D eigenvalue weighted by atomic mass is 19.4. The van der Waals surface area contributed by atoms with Gasteiger partial charge in [0.1, 0.15) is 23.3 Å². The molecule has 1 atom stereocenters. The van der Waals surface area contributed by atoms with E-state index in [1.165, 1.54) is 0 Å². The quantitative estimate of drug-likeness (QED) is 0.0461. The third kappa shape index (κ3) is 15.4. The fourth-order valence-corrected chi connectivity index (χ4v) is 7.53. The second-order valence-electron chi connectivity index (χ2n) is 15.4. The Hall–Kier alpha value is -4.18. The molecule has 0 aliphatic heterocycles. The first-order valence-corrected chi connectivity index (χ1v) is 20.6. The van der Waals surface area contributed by atoms with E-state index in [-0.39, 0.29) is 73.4 Å². The van der Waals surface area contributed by atoms with Crippen molar-refractivity contribution in [2.24, 2.45) is 0 Å². The molecule has 0 N–H and O–H groups in total. The fourth-order valence-electron chi connectivity index (χ4n) is 7.53. The maximum atomic E-state index is 15.2. The highest BCUT2D eigenvalue weighted by molar-refractivity contribution is 6.39. The molecular weight excluding hydrogens is 919 g/mol. The lowest BCUT2D eigenvalue weighted by atomic mass is 9.89. The minimum atomic E-state index is -5.64. The Kier molecular flexibility index (Phi) is 18.4. The maximum Gasteiger partial charge on any atom is 0.864 e. The Morgan fingerprint density at radius 2 is 0.754 bits per heavy atom. The zero-order valence-corrected chi connectivity index (χ0v) is 35.4. The Labute approximate surface area is 364 Å². The molecule has 23 heteroatoms. The second kappa shape index (κ2) is 21.6. The number of hydrogen-bond donors (Lipinski definition) is 0. The van der Waals surface area contributed by atoms with Gasteiger partial charge < -0.3 is 18.4 Å². The Balaban J connectivity index is 2.43. The zero-order chi connectivity index (χ0) is 49.4. The molecule has 366 valence electrons. The Morgan fingerprint density at radius 3 is 1.08 bits per heavy atom. The summed E-state index contributed by atoms with van der Waals surface area (Å²) in [6.07, 6.45) is -27.0. The van der Waals surface area contributed by atoms with E-state index in [9.17, 15) is 65.9 Å². The van der Waals surface area contributed by atoms with Crippen molar-refractivity contribution in [1.29, 1.82) is 0 Å². The van der Waals surface area contributed by atoms with Crippen LogP contribution >= 0.6 is 0 Å². The molecule has 0 saturated heterocycles. The molecule has 3 rings (SSSR count). The first-order chi connectivity index (χ1) is 29.8. The van der Waals surface area contributed by atoms with Crippen molar-refractivity contribution in [3.05, 3.63) is 87.5 Å². The summed E-state index contributed by atoms with van der Waals surface area (Å²) in [5, 5.41) is 0. The molecule has 0 aliphatic carbocycles. The number of rotatable bonds is 21. The predicted molar refractivity (Wildman–Crippen MR) is 203 cm³/mol. The SMILES string of the molecule is CCCCCCCCCCCC(c1c(OB(Oc2cc(C(F)(F)F)cc(C(F)(F)F)c2)Oc2cc(C(F)(F)F)cc(C(F)(F)F)c2)cc(C(F)(F)F)cc1C(F)(F)F)[N+](CC)(CC)CC. The Bertz CT molecular complexity index is 1830. The standard InChI is InChI=1S/C42H47BF18NO3/c1-5-9-10-11-12-13-14-15-16-17-34(62(6-2,7-3)8-4)36-33(42(59,60)61)24-30(41(56,57)58)25-35(36)65-43(63-31-20-26(37(44,45)46)18-27(21-31)38(47,48)49)64-32-22-28(39(50,51)52)19-29(23-32)40(53,54)55/h18-25,34H,5-17H2,1-4H3/q+1. The summed E-state index contributed by atoms with van der Waals surface area (Å²) >= 11 is 0. The van der Waals surface area contributed by atoms with Gasteiger partial charge in [-0.1, -0.05) is 58.3 Å². The van der Waals surface area contributed by atoms with E-state index in [1.54, 1.807) is 20.8 Å². The van der Waals surface area contributed by atoms with Crippen molar-refractivity contribution in [2.45, 2.75) is 135 Å². The molecule has 3 aromatic rings. The van der Waals surface area contributed by atoms with Crippen LogP contribution in [0.5, 0.6) is 17.2 Å². The normalized spacial score (nSPS) is 13.8. The number of alkyl halides is 18. The molecule has 0 bridgehead atoms. The van der Waals surface area contributed by atoms with Crippen molar-refractivity contribution in [3.8, 4) is 17.2 Å². The summed E-state index contributed by atoms with van der Waals surface area (Å²) in [5.74, 6) is -4.59. The lowest BCUT2D eigenvalue weighted by molar-refractivity contribution is -0.953. The van der Waals surface area contributed by atoms with Crippen LogP contribution in [0.3, 0.4) is 0 Å². The minimum absolute atomic E-state index is 0.00378. The van der Waals surface area contributed by atoms with Gasteiger partial charge >= 0.3 is 44.4 Å². The van der Waals surface area contributed by atoms with Crippen LogP contribution in [0.2, 0.25) is 0 Å². The minimum Gasteiger partial charge on any atom is -0.490 e. The molecule has 0 radical (unpaired) electrons. The number of hydrogen-bond acceptors (Lipinski definition) is 3. The van der Waals surface area contributed by atoms with Gasteiger partial charge in [-0.05, 0) is 75.7 Å². The van der Waals surface area contributed by atoms with Gasteiger partial charge in [-0.15, -0.1) is 0 Å². The molecule has 0 fully saturated rings. The van der Waals surface area contributed by atoms with Crippen molar-refractivity contribution in [2.75, 3.05) is 19.6 Å². The van der Waals surface area contributed by atoms with Gasteiger partial charge in [0.05, 0.1) is 58.6 Å². The average Bonchev–Trinajstić information content (AvgIpc) is 3.17. The zero-order valence-electron chi connectivity index (χ0n) is 35.4. The number of unbranched alkanes of at least 4 members (excludes halogenated alkanes) is 8. The highest BCUT2D eigenvalue weighted by Crippen LogP contribution is 2.49.